The Balaban J connectivity index is 1.03. The lowest BCUT2D eigenvalue weighted by Crippen LogP contribution is -2.62. The Morgan fingerprint density at radius 3 is 1.25 bits per heavy atom. The quantitative estimate of drug-likeness (QED) is 0.211. The van der Waals surface area contributed by atoms with E-state index in [9.17, 15) is 8.42 Å². The van der Waals surface area contributed by atoms with Crippen LogP contribution in [0.15, 0.2) is 0 Å². The van der Waals surface area contributed by atoms with Crippen molar-refractivity contribution in [2.45, 2.75) is 150 Å². The van der Waals surface area contributed by atoms with Gasteiger partial charge in [0.25, 0.3) is 0 Å². The number of hydrogen-bond acceptors (Lipinski definition) is 13. The van der Waals surface area contributed by atoms with Crippen LogP contribution in [0.4, 0.5) is 0 Å². The van der Waals surface area contributed by atoms with E-state index in [1.165, 1.54) is 70.6 Å². The molecule has 5 aliphatic heterocycles. The molecule has 1 aromatic heterocycles. The first-order valence-electron chi connectivity index (χ1n) is 20.4. The number of primary sulfonamides is 1. The number of nitrogens with zero attached hydrogens (tertiary/aromatic N) is 3. The van der Waals surface area contributed by atoms with E-state index in [0.717, 1.165) is 12.8 Å². The van der Waals surface area contributed by atoms with Crippen LogP contribution in [0.25, 0.3) is 0 Å². The van der Waals surface area contributed by atoms with E-state index in [1.54, 1.807) is 0 Å². The zero-order chi connectivity index (χ0) is 35.3. The van der Waals surface area contributed by atoms with Crippen LogP contribution in [0.1, 0.15) is 102 Å². The second kappa shape index (κ2) is 14.0. The molecule has 288 valence electrons. The van der Waals surface area contributed by atoms with Crippen LogP contribution >= 0.6 is 23.2 Å². The summed E-state index contributed by atoms with van der Waals surface area (Å²) in [5, 5.41) is 50.1. The van der Waals surface area contributed by atoms with Gasteiger partial charge in [-0.1, -0.05) is 61.7 Å². The van der Waals surface area contributed by atoms with Crippen molar-refractivity contribution in [1.82, 2.24) is 57.9 Å². The van der Waals surface area contributed by atoms with Gasteiger partial charge in [0.2, 0.25) is 10.0 Å². The van der Waals surface area contributed by atoms with E-state index in [4.69, 9.17) is 28.3 Å². The average molecular weight is 780 g/mol. The summed E-state index contributed by atoms with van der Waals surface area (Å²) in [6, 6.07) is 0. The van der Waals surface area contributed by atoms with Gasteiger partial charge in [0.1, 0.15) is 5.02 Å². The maximum absolute atomic E-state index is 13.9. The summed E-state index contributed by atoms with van der Waals surface area (Å²) in [4.78, 5) is 0. The number of hydrogen-bond donors (Lipinski definition) is 9. The number of rotatable bonds is 2. The van der Waals surface area contributed by atoms with Crippen molar-refractivity contribution < 1.29 is 8.42 Å². The van der Waals surface area contributed by atoms with E-state index in [1.807, 2.05) is 0 Å². The lowest BCUT2D eigenvalue weighted by atomic mass is 9.71. The minimum Gasteiger partial charge on any atom is -0.286 e. The average Bonchev–Trinajstić information content (AvgIpc) is 3.88. The van der Waals surface area contributed by atoms with Crippen LogP contribution < -0.4 is 47.7 Å². The van der Waals surface area contributed by atoms with Gasteiger partial charge in [-0.15, -0.1) is 10.2 Å². The molecule has 0 aromatic carbocycles. The van der Waals surface area contributed by atoms with E-state index < -0.39 is 21.2 Å². The maximum atomic E-state index is 13.9. The molecule has 10 N–H and O–H groups in total. The predicted octanol–water partition coefficient (Wildman–Crippen LogP) is 1.76. The molecule has 0 spiro atoms. The van der Waals surface area contributed by atoms with Crippen molar-refractivity contribution >= 4 is 33.2 Å². The predicted molar refractivity (Wildman–Crippen MR) is 197 cm³/mol. The molecule has 8 bridgehead atoms. The minimum absolute atomic E-state index is 0.00538. The van der Waals surface area contributed by atoms with Crippen molar-refractivity contribution in [2.24, 2.45) is 52.5 Å². The Hall–Kier alpha value is -0.820. The first-order valence-corrected chi connectivity index (χ1v) is 22.7. The lowest BCUT2D eigenvalue weighted by Gasteiger charge is -2.42. The molecule has 5 saturated heterocycles. The molecule has 52 heavy (non-hydrogen) atoms. The standard InChI is InChI=1S/C35H56Cl2N12O2S/c36-24-25(47-49-48-27(24)37)22-14-13-21-23(26(22)52(38,50)51)35-45-33-20-12-6-5-11-19(20)31(43-33)41-29-16-8-2-1-7-15(16)28(39-29)40-30-17-9-3-4-10-18(17)32(42-30)44-34(21)46-35/h15-23,26,28-35,39-46H,1-14H2,(H2,38,50,51). The molecular weight excluding hydrogens is 723 g/mol. The first kappa shape index (κ1) is 35.6. The highest BCUT2D eigenvalue weighted by Crippen LogP contribution is 2.50. The molecule has 0 radical (unpaired) electrons. The van der Waals surface area contributed by atoms with Crippen molar-refractivity contribution in [3.63, 3.8) is 0 Å². The Morgan fingerprint density at radius 2 is 0.865 bits per heavy atom. The second-order valence-corrected chi connectivity index (χ2v) is 20.2. The molecule has 10 rings (SSSR count). The summed E-state index contributed by atoms with van der Waals surface area (Å²) in [7, 11) is -4.07. The zero-order valence-electron chi connectivity index (χ0n) is 29.7. The Labute approximate surface area is 317 Å². The fourth-order valence-electron chi connectivity index (χ4n) is 13.3. The third kappa shape index (κ3) is 6.07. The number of nitrogens with two attached hydrogens (primary N) is 1. The van der Waals surface area contributed by atoms with Gasteiger partial charge in [-0.3, -0.25) is 42.5 Å². The molecule has 18 unspecified atom stereocenters. The van der Waals surface area contributed by atoms with Crippen molar-refractivity contribution in [2.75, 3.05) is 0 Å². The summed E-state index contributed by atoms with van der Waals surface area (Å²) < 4.78 is 27.8. The van der Waals surface area contributed by atoms with E-state index in [-0.39, 0.29) is 71.3 Å². The normalized spacial score (nSPS) is 50.2. The van der Waals surface area contributed by atoms with Gasteiger partial charge in [-0.05, 0) is 98.0 Å². The monoisotopic (exact) mass is 778 g/mol. The molecule has 4 aliphatic carbocycles. The Morgan fingerprint density at radius 1 is 0.500 bits per heavy atom. The summed E-state index contributed by atoms with van der Waals surface area (Å²) in [6.07, 6.45) is 16.7. The van der Waals surface area contributed by atoms with Crippen molar-refractivity contribution in [3.8, 4) is 0 Å². The number of fused-ring (bicyclic) bond motifs is 20. The second-order valence-electron chi connectivity index (χ2n) is 17.7. The van der Waals surface area contributed by atoms with Gasteiger partial charge in [-0.2, -0.15) is 0 Å². The fraction of sp³-hybridized carbons (Fsp3) is 0.914. The molecule has 18 atom stereocenters. The van der Waals surface area contributed by atoms with E-state index >= 15 is 0 Å². The van der Waals surface area contributed by atoms with Gasteiger partial charge in [0.05, 0.1) is 60.3 Å². The molecular formula is C35H56Cl2N12O2S. The van der Waals surface area contributed by atoms with Crippen LogP contribution in [0, 0.1) is 47.3 Å². The summed E-state index contributed by atoms with van der Waals surface area (Å²) >= 11 is 13.0. The van der Waals surface area contributed by atoms with Crippen LogP contribution in [-0.2, 0) is 10.0 Å². The third-order valence-corrected chi connectivity index (χ3v) is 17.5. The highest BCUT2D eigenvalue weighted by molar-refractivity contribution is 7.89. The van der Waals surface area contributed by atoms with Crippen molar-refractivity contribution in [3.05, 3.63) is 15.9 Å². The number of sulfonamides is 1. The molecule has 0 amide bonds. The third-order valence-electron chi connectivity index (χ3n) is 15.4. The topological polar surface area (TPSA) is 195 Å². The Kier molecular flexibility index (Phi) is 9.57. The van der Waals surface area contributed by atoms with Crippen LogP contribution in [0.5, 0.6) is 0 Å². The van der Waals surface area contributed by atoms with Crippen LogP contribution in [0.2, 0.25) is 10.2 Å². The molecule has 9 fully saturated rings. The highest BCUT2D eigenvalue weighted by atomic mass is 35.5. The maximum Gasteiger partial charge on any atom is 0.213 e. The summed E-state index contributed by atoms with van der Waals surface area (Å²) in [5.41, 5.74) is 0.364. The molecule has 4 saturated carbocycles. The molecule has 6 heterocycles. The van der Waals surface area contributed by atoms with Gasteiger partial charge in [0.15, 0.2) is 5.15 Å². The zero-order valence-corrected chi connectivity index (χ0v) is 32.0. The molecule has 1 aromatic rings. The summed E-state index contributed by atoms with van der Waals surface area (Å²) in [5.74, 6) is 2.26. The van der Waals surface area contributed by atoms with Crippen LogP contribution in [-0.4, -0.2) is 78.4 Å². The highest BCUT2D eigenvalue weighted by Gasteiger charge is 2.59. The van der Waals surface area contributed by atoms with Gasteiger partial charge in [-0.25, -0.2) is 13.6 Å². The van der Waals surface area contributed by atoms with E-state index in [0.29, 0.717) is 47.6 Å². The fourth-order valence-corrected chi connectivity index (χ4v) is 15.1. The minimum atomic E-state index is -4.07. The van der Waals surface area contributed by atoms with Crippen molar-refractivity contribution in [1.29, 1.82) is 0 Å². The summed E-state index contributed by atoms with van der Waals surface area (Å²) in [6.45, 7) is 0. The number of halogens is 2. The number of aromatic nitrogens is 3. The van der Waals surface area contributed by atoms with Gasteiger partial charge < -0.3 is 0 Å². The Bertz CT molecular complexity index is 1610. The molecule has 14 nitrogen and oxygen atoms in total. The number of nitrogens with one attached hydrogen (secondary N) is 8. The molecule has 17 heteroatoms. The van der Waals surface area contributed by atoms with E-state index in [2.05, 4.69) is 57.9 Å². The molecule has 9 aliphatic rings. The lowest BCUT2D eigenvalue weighted by molar-refractivity contribution is 0.162. The van der Waals surface area contributed by atoms with Gasteiger partial charge in [0, 0.05) is 11.8 Å². The smallest absolute Gasteiger partial charge is 0.213 e. The largest absolute Gasteiger partial charge is 0.286 e. The first-order chi connectivity index (χ1) is 25.2. The van der Waals surface area contributed by atoms with Gasteiger partial charge >= 0.3 is 0 Å². The SMILES string of the molecule is NS(=O)(=O)C1C(c2nnnc(Cl)c2Cl)CCC2C3NC4NC(NC5NC(NC6NC(NC(N3)C21)C1CCCCC61)C1CCCCC51)C1CCCCC41. The van der Waals surface area contributed by atoms with Crippen LogP contribution in [0.3, 0.4) is 0 Å².